The molecule has 29 heavy (non-hydrogen) atoms. The van der Waals surface area contributed by atoms with E-state index in [0.29, 0.717) is 6.61 Å². The number of nitrogens with zero attached hydrogens (tertiary/aromatic N) is 3. The second kappa shape index (κ2) is 8.98. The van der Waals surface area contributed by atoms with Crippen LogP contribution in [-0.2, 0) is 6.54 Å². The summed E-state index contributed by atoms with van der Waals surface area (Å²) in [7, 11) is 0. The highest BCUT2D eigenvalue weighted by Crippen LogP contribution is 2.32. The number of nitriles is 1. The maximum atomic E-state index is 9.51. The summed E-state index contributed by atoms with van der Waals surface area (Å²) in [6.45, 7) is 5.54. The lowest BCUT2D eigenvalue weighted by atomic mass is 10.0. The SMILES string of the molecule is CCOc1cccc(CN2CCCCCN2c2ccc(C#N)c3ccccc23)c1. The molecule has 1 aliphatic rings. The highest BCUT2D eigenvalue weighted by Gasteiger charge is 2.21. The minimum absolute atomic E-state index is 0.677. The fourth-order valence-electron chi connectivity index (χ4n) is 4.15. The fraction of sp³-hybridized carbons (Fsp3) is 0.320. The third kappa shape index (κ3) is 4.21. The molecule has 0 amide bonds. The van der Waals surface area contributed by atoms with Crippen LogP contribution in [0.1, 0.15) is 37.3 Å². The van der Waals surface area contributed by atoms with E-state index in [9.17, 15) is 5.26 Å². The number of hydrogen-bond donors (Lipinski definition) is 0. The molecule has 4 nitrogen and oxygen atoms in total. The molecule has 0 spiro atoms. The Labute approximate surface area is 172 Å². The van der Waals surface area contributed by atoms with E-state index >= 15 is 0 Å². The number of fused-ring (bicyclic) bond motifs is 1. The molecule has 3 aromatic carbocycles. The quantitative estimate of drug-likeness (QED) is 0.580. The first-order valence-corrected chi connectivity index (χ1v) is 10.5. The highest BCUT2D eigenvalue weighted by atomic mass is 16.5. The first-order chi connectivity index (χ1) is 14.3. The molecule has 1 saturated heterocycles. The molecule has 0 atom stereocenters. The molecule has 148 valence electrons. The first-order valence-electron chi connectivity index (χ1n) is 10.5. The largest absolute Gasteiger partial charge is 0.494 e. The maximum absolute atomic E-state index is 9.51. The van der Waals surface area contributed by atoms with Crippen LogP contribution in [0.5, 0.6) is 5.75 Å². The molecule has 4 rings (SSSR count). The number of anilines is 1. The van der Waals surface area contributed by atoms with Gasteiger partial charge in [-0.25, -0.2) is 5.01 Å². The number of rotatable bonds is 5. The molecule has 1 heterocycles. The summed E-state index contributed by atoms with van der Waals surface area (Å²) in [6.07, 6.45) is 3.60. The zero-order chi connectivity index (χ0) is 20.1. The Kier molecular flexibility index (Phi) is 5.97. The highest BCUT2D eigenvalue weighted by molar-refractivity contribution is 5.97. The summed E-state index contributed by atoms with van der Waals surface area (Å²) in [5, 5.41) is 16.5. The molecular formula is C25H27N3O. The minimum Gasteiger partial charge on any atom is -0.494 e. The Morgan fingerprint density at radius 3 is 2.59 bits per heavy atom. The topological polar surface area (TPSA) is 39.5 Å². The molecule has 0 unspecified atom stereocenters. The Morgan fingerprint density at radius 2 is 1.76 bits per heavy atom. The minimum atomic E-state index is 0.677. The maximum Gasteiger partial charge on any atom is 0.119 e. The summed E-state index contributed by atoms with van der Waals surface area (Å²) >= 11 is 0. The lowest BCUT2D eigenvalue weighted by molar-refractivity contribution is 0.253. The summed E-state index contributed by atoms with van der Waals surface area (Å²) in [4.78, 5) is 0. The van der Waals surface area contributed by atoms with E-state index in [0.717, 1.165) is 41.7 Å². The van der Waals surface area contributed by atoms with Crippen LogP contribution in [-0.4, -0.2) is 24.7 Å². The molecule has 1 fully saturated rings. The van der Waals surface area contributed by atoms with Crippen LogP contribution < -0.4 is 9.75 Å². The van der Waals surface area contributed by atoms with Crippen LogP contribution in [0.3, 0.4) is 0 Å². The van der Waals surface area contributed by atoms with Gasteiger partial charge in [-0.05, 0) is 49.6 Å². The van der Waals surface area contributed by atoms with Crippen LogP contribution >= 0.6 is 0 Å². The molecule has 0 aliphatic carbocycles. The number of hydrazine groups is 1. The van der Waals surface area contributed by atoms with E-state index < -0.39 is 0 Å². The number of ether oxygens (including phenoxy) is 1. The zero-order valence-corrected chi connectivity index (χ0v) is 17.0. The van der Waals surface area contributed by atoms with Gasteiger partial charge in [0.05, 0.1) is 23.9 Å². The van der Waals surface area contributed by atoms with Crippen LogP contribution in [0.15, 0.2) is 60.7 Å². The van der Waals surface area contributed by atoms with Crippen molar-refractivity contribution in [1.29, 1.82) is 5.26 Å². The molecule has 0 saturated carbocycles. The van der Waals surface area contributed by atoms with Gasteiger partial charge >= 0.3 is 0 Å². The van der Waals surface area contributed by atoms with Gasteiger partial charge in [0.1, 0.15) is 5.75 Å². The van der Waals surface area contributed by atoms with E-state index in [1.54, 1.807) is 0 Å². The Balaban J connectivity index is 1.70. The van der Waals surface area contributed by atoms with Gasteiger partial charge in [0, 0.05) is 30.4 Å². The number of benzene rings is 3. The summed E-state index contributed by atoms with van der Waals surface area (Å²) in [5.41, 5.74) is 3.17. The van der Waals surface area contributed by atoms with E-state index in [4.69, 9.17) is 4.74 Å². The van der Waals surface area contributed by atoms with E-state index in [-0.39, 0.29) is 0 Å². The van der Waals surface area contributed by atoms with Crippen LogP contribution in [0.25, 0.3) is 10.8 Å². The molecule has 0 N–H and O–H groups in total. The van der Waals surface area contributed by atoms with Crippen molar-refractivity contribution in [3.8, 4) is 11.8 Å². The van der Waals surface area contributed by atoms with Crippen LogP contribution in [0, 0.1) is 11.3 Å². The molecule has 4 heteroatoms. The van der Waals surface area contributed by atoms with Gasteiger partial charge in [0.25, 0.3) is 0 Å². The van der Waals surface area contributed by atoms with Gasteiger partial charge in [-0.3, -0.25) is 0 Å². The van der Waals surface area contributed by atoms with E-state index in [1.165, 1.54) is 30.5 Å². The van der Waals surface area contributed by atoms with E-state index in [2.05, 4.69) is 52.5 Å². The second-order valence-electron chi connectivity index (χ2n) is 7.44. The smallest absolute Gasteiger partial charge is 0.119 e. The zero-order valence-electron chi connectivity index (χ0n) is 17.0. The molecule has 0 aromatic heterocycles. The normalized spacial score (nSPS) is 15.1. The average molecular weight is 386 g/mol. The van der Waals surface area contributed by atoms with Crippen LogP contribution in [0.2, 0.25) is 0 Å². The third-order valence-corrected chi connectivity index (χ3v) is 5.50. The lowest BCUT2D eigenvalue weighted by Gasteiger charge is -2.36. The van der Waals surface area contributed by atoms with Crippen molar-refractivity contribution in [2.75, 3.05) is 24.7 Å². The second-order valence-corrected chi connectivity index (χ2v) is 7.44. The monoisotopic (exact) mass is 385 g/mol. The van der Waals surface area contributed by atoms with Gasteiger partial charge in [-0.1, -0.05) is 42.8 Å². The lowest BCUT2D eigenvalue weighted by Crippen LogP contribution is -2.42. The Hall–Kier alpha value is -3.03. The van der Waals surface area contributed by atoms with E-state index in [1.807, 2.05) is 31.2 Å². The predicted octanol–water partition coefficient (Wildman–Crippen LogP) is 5.52. The van der Waals surface area contributed by atoms with Gasteiger partial charge in [-0.2, -0.15) is 5.26 Å². The van der Waals surface area contributed by atoms with Crippen molar-refractivity contribution in [2.45, 2.75) is 32.7 Å². The fourth-order valence-corrected chi connectivity index (χ4v) is 4.15. The van der Waals surface area contributed by atoms with Crippen molar-refractivity contribution in [3.63, 3.8) is 0 Å². The standard InChI is InChI=1S/C25H27N3O/c1-2-29-22-10-8-9-20(17-22)19-27-15-6-3-7-16-28(27)25-14-13-21(18-26)23-11-4-5-12-24(23)25/h4-5,8-14,17H,2-3,6-7,15-16,19H2,1H3. The van der Waals surface area contributed by atoms with Gasteiger partial charge in [0.15, 0.2) is 0 Å². The van der Waals surface area contributed by atoms with Crippen molar-refractivity contribution in [3.05, 3.63) is 71.8 Å². The van der Waals surface area contributed by atoms with Gasteiger partial charge < -0.3 is 9.75 Å². The number of hydrogen-bond acceptors (Lipinski definition) is 4. The third-order valence-electron chi connectivity index (χ3n) is 5.50. The summed E-state index contributed by atoms with van der Waals surface area (Å²) in [6, 6.07) is 23.0. The molecular weight excluding hydrogens is 358 g/mol. The Bertz CT molecular complexity index is 1020. The Morgan fingerprint density at radius 1 is 0.931 bits per heavy atom. The molecule has 3 aromatic rings. The van der Waals surface area contributed by atoms with Gasteiger partial charge in [-0.15, -0.1) is 0 Å². The summed E-state index contributed by atoms with van der Waals surface area (Å²) in [5.74, 6) is 0.926. The molecule has 0 radical (unpaired) electrons. The van der Waals surface area contributed by atoms with Crippen molar-refractivity contribution < 1.29 is 4.74 Å². The summed E-state index contributed by atoms with van der Waals surface area (Å²) < 4.78 is 5.69. The molecule has 0 bridgehead atoms. The first kappa shape index (κ1) is 19.3. The molecule has 1 aliphatic heterocycles. The van der Waals surface area contributed by atoms with Crippen LogP contribution in [0.4, 0.5) is 5.69 Å². The predicted molar refractivity (Wildman–Crippen MR) is 118 cm³/mol. The van der Waals surface area contributed by atoms with Crippen molar-refractivity contribution in [2.24, 2.45) is 0 Å². The van der Waals surface area contributed by atoms with Crippen molar-refractivity contribution in [1.82, 2.24) is 5.01 Å². The average Bonchev–Trinajstić information content (AvgIpc) is 2.99. The van der Waals surface area contributed by atoms with Gasteiger partial charge in [0.2, 0.25) is 0 Å². The van der Waals surface area contributed by atoms with Crippen molar-refractivity contribution >= 4 is 16.5 Å².